The Morgan fingerprint density at radius 3 is 2.21 bits per heavy atom. The Morgan fingerprint density at radius 1 is 1.21 bits per heavy atom. The van der Waals surface area contributed by atoms with E-state index in [2.05, 4.69) is 61.1 Å². The minimum atomic E-state index is -0.336. The van der Waals surface area contributed by atoms with Crippen LogP contribution in [0.1, 0.15) is 72.0 Å². The third kappa shape index (κ3) is 4.80. The summed E-state index contributed by atoms with van der Waals surface area (Å²) in [6, 6.07) is 4.34. The summed E-state index contributed by atoms with van der Waals surface area (Å²) in [5.41, 5.74) is 5.86. The number of anilines is 1. The van der Waals surface area contributed by atoms with Crippen LogP contribution in [-0.2, 0) is 25.6 Å². The highest BCUT2D eigenvalue weighted by atomic mass is 79.9. The lowest BCUT2D eigenvalue weighted by molar-refractivity contribution is 0.102. The first-order valence-electron chi connectivity index (χ1n) is 10.0. The van der Waals surface area contributed by atoms with Crippen molar-refractivity contribution in [3.05, 3.63) is 60.5 Å². The average Bonchev–Trinajstić information content (AvgIpc) is 2.70. The molecule has 1 heterocycles. The van der Waals surface area contributed by atoms with Gasteiger partial charge in [0.15, 0.2) is 0 Å². The fourth-order valence-electron chi connectivity index (χ4n) is 3.48. The minimum Gasteiger partial charge on any atom is -0.349 e. The van der Waals surface area contributed by atoms with Gasteiger partial charge in [0.1, 0.15) is 5.56 Å². The number of benzene rings is 1. The molecule has 2 aromatic rings. The Labute approximate surface area is 186 Å². The Morgan fingerprint density at radius 2 is 1.76 bits per heavy atom. The van der Waals surface area contributed by atoms with Gasteiger partial charge in [0.2, 0.25) is 5.43 Å². The number of amides is 1. The second-order valence-corrected chi connectivity index (χ2v) is 9.23. The molecule has 0 radical (unpaired) electrons. The number of carbonyl (C=O) groups excluding carboxylic acids is 1. The van der Waals surface area contributed by atoms with Crippen molar-refractivity contribution >= 4 is 39.3 Å². The van der Waals surface area contributed by atoms with Crippen LogP contribution in [0.4, 0.5) is 5.69 Å². The van der Waals surface area contributed by atoms with E-state index in [1.54, 1.807) is 11.8 Å². The highest BCUT2D eigenvalue weighted by molar-refractivity contribution is 9.10. The predicted octanol–water partition coefficient (Wildman–Crippen LogP) is 5.82. The zero-order chi connectivity index (χ0) is 21.9. The lowest BCUT2D eigenvalue weighted by Gasteiger charge is -2.20. The molecule has 0 bridgehead atoms. The summed E-state index contributed by atoms with van der Waals surface area (Å²) in [7, 11) is 1.90. The van der Waals surface area contributed by atoms with Crippen LogP contribution >= 0.6 is 27.7 Å². The van der Waals surface area contributed by atoms with Crippen molar-refractivity contribution in [2.24, 2.45) is 7.05 Å². The van der Waals surface area contributed by atoms with Crippen LogP contribution in [0.3, 0.4) is 0 Å². The van der Waals surface area contributed by atoms with Gasteiger partial charge in [-0.05, 0) is 64.6 Å². The largest absolute Gasteiger partial charge is 0.349 e. The molecule has 1 N–H and O–H groups in total. The molecule has 29 heavy (non-hydrogen) atoms. The molecule has 4 nitrogen and oxygen atoms in total. The summed E-state index contributed by atoms with van der Waals surface area (Å²) in [6.07, 6.45) is 3.60. The number of pyridine rings is 1. The van der Waals surface area contributed by atoms with E-state index < -0.39 is 0 Å². The van der Waals surface area contributed by atoms with Crippen molar-refractivity contribution in [2.45, 2.75) is 59.1 Å². The monoisotopic (exact) mass is 478 g/mol. The van der Waals surface area contributed by atoms with Gasteiger partial charge in [-0.2, -0.15) is 11.8 Å². The second kappa shape index (κ2) is 9.98. The number of halogens is 1. The Hall–Kier alpha value is -1.53. The maximum Gasteiger partial charge on any atom is 0.261 e. The highest BCUT2D eigenvalue weighted by Gasteiger charge is 2.23. The Kier molecular flexibility index (Phi) is 8.18. The van der Waals surface area contributed by atoms with E-state index >= 15 is 0 Å². The second-order valence-electron chi connectivity index (χ2n) is 7.57. The van der Waals surface area contributed by atoms with Crippen LogP contribution in [-0.4, -0.2) is 16.7 Å². The van der Waals surface area contributed by atoms with Gasteiger partial charge in [0.05, 0.1) is 4.47 Å². The molecular weight excluding hydrogens is 448 g/mol. The molecule has 1 aromatic carbocycles. The number of thioether (sulfide) groups is 1. The van der Waals surface area contributed by atoms with Crippen molar-refractivity contribution in [3.63, 3.8) is 0 Å². The van der Waals surface area contributed by atoms with E-state index in [9.17, 15) is 9.59 Å². The average molecular weight is 479 g/mol. The summed E-state index contributed by atoms with van der Waals surface area (Å²) < 4.78 is 2.37. The van der Waals surface area contributed by atoms with Gasteiger partial charge < -0.3 is 9.88 Å². The molecule has 1 aromatic heterocycles. The first-order chi connectivity index (χ1) is 13.7. The Bertz CT molecular complexity index is 955. The zero-order valence-corrected chi connectivity index (χ0v) is 20.8. The molecule has 2 rings (SSSR count). The van der Waals surface area contributed by atoms with Crippen LogP contribution in [0, 0.1) is 6.92 Å². The molecule has 0 fully saturated rings. The minimum absolute atomic E-state index is 0.219. The van der Waals surface area contributed by atoms with Gasteiger partial charge in [-0.15, -0.1) is 0 Å². The molecule has 0 spiro atoms. The first-order valence-corrected chi connectivity index (χ1v) is 12.2. The van der Waals surface area contributed by atoms with E-state index in [0.717, 1.165) is 41.0 Å². The third-order valence-electron chi connectivity index (χ3n) is 5.44. The number of carbonyl (C=O) groups is 1. The van der Waals surface area contributed by atoms with Gasteiger partial charge in [0.25, 0.3) is 5.91 Å². The molecule has 0 saturated carbocycles. The molecule has 0 aliphatic carbocycles. The number of nitrogens with one attached hydrogen (secondary N) is 1. The summed E-state index contributed by atoms with van der Waals surface area (Å²) in [4.78, 5) is 26.3. The first kappa shape index (κ1) is 23.7. The third-order valence-corrected chi connectivity index (χ3v) is 6.94. The summed E-state index contributed by atoms with van der Waals surface area (Å²) in [5.74, 6) is 0.678. The molecule has 1 amide bonds. The van der Waals surface area contributed by atoms with E-state index in [1.165, 1.54) is 5.56 Å². The van der Waals surface area contributed by atoms with Gasteiger partial charge in [-0.25, -0.2) is 0 Å². The summed E-state index contributed by atoms with van der Waals surface area (Å²) >= 11 is 4.98. The number of hydrogen-bond donors (Lipinski definition) is 1. The quantitative estimate of drug-likeness (QED) is 0.545. The van der Waals surface area contributed by atoms with Gasteiger partial charge in [0, 0.05) is 29.9 Å². The van der Waals surface area contributed by atoms with Crippen LogP contribution in [0.25, 0.3) is 0 Å². The van der Waals surface area contributed by atoms with Gasteiger partial charge >= 0.3 is 0 Å². The van der Waals surface area contributed by atoms with Crippen molar-refractivity contribution in [1.82, 2.24) is 4.57 Å². The zero-order valence-electron chi connectivity index (χ0n) is 18.4. The van der Waals surface area contributed by atoms with Crippen LogP contribution in [0.15, 0.2) is 21.4 Å². The Balaban J connectivity index is 2.63. The lowest BCUT2D eigenvalue weighted by atomic mass is 9.93. The fraction of sp³-hybridized carbons (Fsp3) is 0.478. The number of aromatic nitrogens is 1. The summed E-state index contributed by atoms with van der Waals surface area (Å²) in [5, 5.41) is 3.09. The van der Waals surface area contributed by atoms with Crippen LogP contribution in [0.2, 0.25) is 0 Å². The van der Waals surface area contributed by atoms with Gasteiger partial charge in [-0.1, -0.05) is 39.8 Å². The molecule has 0 unspecified atom stereocenters. The van der Waals surface area contributed by atoms with Crippen molar-refractivity contribution in [2.75, 3.05) is 11.6 Å². The number of aryl methyl sites for hydroxylation is 2. The highest BCUT2D eigenvalue weighted by Crippen LogP contribution is 2.29. The summed E-state index contributed by atoms with van der Waals surface area (Å²) in [6.45, 7) is 10.4. The molecule has 0 saturated heterocycles. The van der Waals surface area contributed by atoms with Crippen LogP contribution < -0.4 is 10.7 Å². The SMILES string of the molecule is CCc1cc(C(C)C)cc(CC)c1NC(=O)c1c(CSC)n(C)c(C)c(Br)c1=O. The lowest BCUT2D eigenvalue weighted by Crippen LogP contribution is -2.29. The number of nitrogens with zero attached hydrogens (tertiary/aromatic N) is 1. The van der Waals surface area contributed by atoms with E-state index in [-0.39, 0.29) is 16.9 Å². The molecule has 158 valence electrons. The fourth-order valence-corrected chi connectivity index (χ4v) is 4.56. The maximum atomic E-state index is 13.3. The van der Waals surface area contributed by atoms with Crippen LogP contribution in [0.5, 0.6) is 0 Å². The van der Waals surface area contributed by atoms with Gasteiger partial charge in [-0.3, -0.25) is 9.59 Å². The molecule has 0 atom stereocenters. The standard InChI is InChI=1S/C23H31BrN2O2S/c1-8-15-10-17(13(3)4)11-16(9-2)21(15)25-23(28)19-18(12-29-7)26(6)14(5)20(24)22(19)27/h10-11,13H,8-9,12H2,1-7H3,(H,25,28). The predicted molar refractivity (Wildman–Crippen MR) is 129 cm³/mol. The van der Waals surface area contributed by atoms with Crippen molar-refractivity contribution < 1.29 is 4.79 Å². The van der Waals surface area contributed by atoms with E-state index in [0.29, 0.717) is 16.1 Å². The number of rotatable bonds is 7. The molecule has 0 aliphatic rings. The molecular formula is C23H31BrN2O2S. The van der Waals surface area contributed by atoms with E-state index in [4.69, 9.17) is 0 Å². The smallest absolute Gasteiger partial charge is 0.261 e. The maximum absolute atomic E-state index is 13.3. The topological polar surface area (TPSA) is 51.1 Å². The van der Waals surface area contributed by atoms with Crippen molar-refractivity contribution in [3.8, 4) is 0 Å². The van der Waals surface area contributed by atoms with Crippen molar-refractivity contribution in [1.29, 1.82) is 0 Å². The number of hydrogen-bond acceptors (Lipinski definition) is 3. The normalized spacial score (nSPS) is 11.2. The molecule has 6 heteroatoms. The molecule has 0 aliphatic heterocycles. The van der Waals surface area contributed by atoms with E-state index in [1.807, 2.05) is 24.8 Å².